The first-order valence-corrected chi connectivity index (χ1v) is 7.13. The van der Waals surface area contributed by atoms with E-state index in [0.717, 1.165) is 16.7 Å². The monoisotopic (exact) mass is 243 g/mol. The van der Waals surface area contributed by atoms with E-state index in [1.54, 1.807) is 6.33 Å². The smallest absolute Gasteiger partial charge is 0.170 e. The van der Waals surface area contributed by atoms with E-state index in [1.165, 1.54) is 30.8 Å². The summed E-state index contributed by atoms with van der Waals surface area (Å²) in [5.41, 5.74) is 6.15. The lowest BCUT2D eigenvalue weighted by Crippen LogP contribution is -2.38. The SMILES string of the molecule is CCC1CCC(N)C(Sc2ncns2)C1. The zero-order valence-electron chi connectivity index (χ0n) is 8.93. The lowest BCUT2D eigenvalue weighted by atomic mass is 9.84. The average molecular weight is 243 g/mol. The van der Waals surface area contributed by atoms with Crippen LogP contribution in [-0.2, 0) is 0 Å². The van der Waals surface area contributed by atoms with Crippen LogP contribution in [0.5, 0.6) is 0 Å². The third-order valence-electron chi connectivity index (χ3n) is 3.12. The molecule has 1 aliphatic rings. The van der Waals surface area contributed by atoms with E-state index in [0.29, 0.717) is 11.3 Å². The zero-order chi connectivity index (χ0) is 10.7. The lowest BCUT2D eigenvalue weighted by molar-refractivity contribution is 0.327. The summed E-state index contributed by atoms with van der Waals surface area (Å²) in [5, 5.41) is 0.539. The molecule has 2 N–H and O–H groups in total. The molecule has 1 saturated carbocycles. The summed E-state index contributed by atoms with van der Waals surface area (Å²) in [6.07, 6.45) is 6.60. The summed E-state index contributed by atoms with van der Waals surface area (Å²) in [6, 6.07) is 0.335. The molecule has 1 aliphatic carbocycles. The second-order valence-electron chi connectivity index (χ2n) is 4.11. The van der Waals surface area contributed by atoms with Gasteiger partial charge in [-0.05, 0) is 36.7 Å². The van der Waals surface area contributed by atoms with Crippen LogP contribution in [0.3, 0.4) is 0 Å². The molecule has 0 radical (unpaired) electrons. The van der Waals surface area contributed by atoms with Crippen molar-refractivity contribution >= 4 is 23.3 Å². The highest BCUT2D eigenvalue weighted by Gasteiger charge is 2.28. The number of aromatic nitrogens is 2. The van der Waals surface area contributed by atoms with Crippen molar-refractivity contribution in [2.75, 3.05) is 0 Å². The van der Waals surface area contributed by atoms with Crippen molar-refractivity contribution in [3.63, 3.8) is 0 Å². The number of rotatable bonds is 3. The van der Waals surface area contributed by atoms with Gasteiger partial charge in [-0.25, -0.2) is 4.98 Å². The minimum absolute atomic E-state index is 0.335. The van der Waals surface area contributed by atoms with Gasteiger partial charge < -0.3 is 5.73 Å². The Bertz CT molecular complexity index is 289. The van der Waals surface area contributed by atoms with Crippen molar-refractivity contribution in [3.8, 4) is 0 Å². The van der Waals surface area contributed by atoms with E-state index < -0.39 is 0 Å². The van der Waals surface area contributed by atoms with Gasteiger partial charge in [-0.15, -0.1) is 0 Å². The van der Waals surface area contributed by atoms with Crippen LogP contribution in [0.1, 0.15) is 32.6 Å². The fraction of sp³-hybridized carbons (Fsp3) is 0.800. The molecule has 2 rings (SSSR count). The predicted octanol–water partition coefficient (Wildman–Crippen LogP) is 2.54. The molecular weight excluding hydrogens is 226 g/mol. The highest BCUT2D eigenvalue weighted by molar-refractivity contribution is 8.01. The van der Waals surface area contributed by atoms with Crippen LogP contribution in [-0.4, -0.2) is 20.6 Å². The Kier molecular flexibility index (Phi) is 3.99. The van der Waals surface area contributed by atoms with Gasteiger partial charge in [0.05, 0.1) is 0 Å². The molecule has 3 nitrogen and oxygen atoms in total. The molecule has 1 fully saturated rings. The first-order chi connectivity index (χ1) is 7.29. The van der Waals surface area contributed by atoms with Crippen molar-refractivity contribution < 1.29 is 0 Å². The Balaban J connectivity index is 1.94. The standard InChI is InChI=1S/C10H17N3S2/c1-2-7-3-4-8(11)9(5-7)14-10-12-6-13-15-10/h6-9H,2-5,11H2,1H3. The number of thioether (sulfide) groups is 1. The van der Waals surface area contributed by atoms with Crippen LogP contribution in [0.2, 0.25) is 0 Å². The molecule has 1 heterocycles. The topological polar surface area (TPSA) is 51.8 Å². The summed E-state index contributed by atoms with van der Waals surface area (Å²) in [4.78, 5) is 4.21. The molecule has 0 amide bonds. The normalized spacial score (nSPS) is 31.7. The van der Waals surface area contributed by atoms with E-state index in [-0.39, 0.29) is 0 Å². The molecule has 0 spiro atoms. The van der Waals surface area contributed by atoms with Gasteiger partial charge in [0.25, 0.3) is 0 Å². The Hall–Kier alpha value is -0.130. The van der Waals surface area contributed by atoms with Gasteiger partial charge in [-0.1, -0.05) is 25.1 Å². The van der Waals surface area contributed by atoms with Crippen LogP contribution in [0, 0.1) is 5.92 Å². The fourth-order valence-corrected chi connectivity index (χ4v) is 4.08. The molecular formula is C10H17N3S2. The largest absolute Gasteiger partial charge is 0.327 e. The van der Waals surface area contributed by atoms with Crippen LogP contribution in [0.4, 0.5) is 0 Å². The molecule has 5 heteroatoms. The molecule has 15 heavy (non-hydrogen) atoms. The first-order valence-electron chi connectivity index (χ1n) is 5.48. The second kappa shape index (κ2) is 5.27. The van der Waals surface area contributed by atoms with Crippen LogP contribution in [0.25, 0.3) is 0 Å². The Labute approximate surface area is 99.0 Å². The minimum Gasteiger partial charge on any atom is -0.327 e. The van der Waals surface area contributed by atoms with Gasteiger partial charge in [-0.3, -0.25) is 0 Å². The molecule has 84 valence electrons. The zero-order valence-corrected chi connectivity index (χ0v) is 10.6. The van der Waals surface area contributed by atoms with E-state index in [9.17, 15) is 0 Å². The highest BCUT2D eigenvalue weighted by atomic mass is 32.2. The quantitative estimate of drug-likeness (QED) is 0.886. The van der Waals surface area contributed by atoms with E-state index in [4.69, 9.17) is 5.73 Å². The van der Waals surface area contributed by atoms with Crippen molar-refractivity contribution in [2.24, 2.45) is 11.7 Å². The number of nitrogens with zero attached hydrogens (tertiary/aromatic N) is 2. The second-order valence-corrected chi connectivity index (χ2v) is 6.38. The first kappa shape index (κ1) is 11.4. The number of hydrogen-bond donors (Lipinski definition) is 1. The fourth-order valence-electron chi connectivity index (χ4n) is 2.09. The van der Waals surface area contributed by atoms with E-state index in [2.05, 4.69) is 16.3 Å². The third kappa shape index (κ3) is 2.92. The van der Waals surface area contributed by atoms with Crippen molar-refractivity contribution in [1.82, 2.24) is 9.36 Å². The average Bonchev–Trinajstić information content (AvgIpc) is 2.74. The number of hydrogen-bond acceptors (Lipinski definition) is 5. The molecule has 1 aromatic heterocycles. The van der Waals surface area contributed by atoms with Gasteiger partial charge in [-0.2, -0.15) is 4.37 Å². The Morgan fingerprint density at radius 3 is 3.13 bits per heavy atom. The van der Waals surface area contributed by atoms with Gasteiger partial charge in [0.15, 0.2) is 4.34 Å². The van der Waals surface area contributed by atoms with Gasteiger partial charge in [0.1, 0.15) is 6.33 Å². The highest BCUT2D eigenvalue weighted by Crippen LogP contribution is 2.36. The molecule has 0 aliphatic heterocycles. The summed E-state index contributed by atoms with van der Waals surface area (Å²) < 4.78 is 5.08. The molecule has 1 aromatic rings. The maximum absolute atomic E-state index is 6.15. The summed E-state index contributed by atoms with van der Waals surface area (Å²) in [7, 11) is 0. The van der Waals surface area contributed by atoms with Gasteiger partial charge >= 0.3 is 0 Å². The summed E-state index contributed by atoms with van der Waals surface area (Å²) in [5.74, 6) is 0.857. The maximum Gasteiger partial charge on any atom is 0.170 e. The molecule has 3 atom stereocenters. The van der Waals surface area contributed by atoms with Crippen LogP contribution in [0.15, 0.2) is 10.7 Å². The van der Waals surface area contributed by atoms with E-state index >= 15 is 0 Å². The van der Waals surface area contributed by atoms with Gasteiger partial charge in [0, 0.05) is 11.3 Å². The minimum atomic E-state index is 0.335. The van der Waals surface area contributed by atoms with Crippen molar-refractivity contribution in [3.05, 3.63) is 6.33 Å². The van der Waals surface area contributed by atoms with E-state index in [1.807, 2.05) is 11.8 Å². The molecule has 0 aromatic carbocycles. The molecule has 3 unspecified atom stereocenters. The third-order valence-corrected chi connectivity index (χ3v) is 5.25. The van der Waals surface area contributed by atoms with Gasteiger partial charge in [0.2, 0.25) is 0 Å². The van der Waals surface area contributed by atoms with Crippen molar-refractivity contribution in [1.29, 1.82) is 0 Å². The van der Waals surface area contributed by atoms with Crippen LogP contribution >= 0.6 is 23.3 Å². The maximum atomic E-state index is 6.15. The Morgan fingerprint density at radius 2 is 2.47 bits per heavy atom. The predicted molar refractivity (Wildman–Crippen MR) is 65.2 cm³/mol. The van der Waals surface area contributed by atoms with Crippen LogP contribution < -0.4 is 5.73 Å². The summed E-state index contributed by atoms with van der Waals surface area (Å²) in [6.45, 7) is 2.27. The number of nitrogens with two attached hydrogens (primary N) is 1. The summed E-state index contributed by atoms with van der Waals surface area (Å²) >= 11 is 3.29. The molecule has 0 saturated heterocycles. The Morgan fingerprint density at radius 1 is 1.60 bits per heavy atom. The molecule has 0 bridgehead atoms. The van der Waals surface area contributed by atoms with Crippen molar-refractivity contribution in [2.45, 2.75) is 48.2 Å². The lowest BCUT2D eigenvalue weighted by Gasteiger charge is -2.32.